The number of carbonyl (C=O) groups excluding carboxylic acids is 2. The van der Waals surface area contributed by atoms with Gasteiger partial charge in [-0.2, -0.15) is 0 Å². The van der Waals surface area contributed by atoms with Crippen molar-refractivity contribution < 1.29 is 33.9 Å². The van der Waals surface area contributed by atoms with Crippen LogP contribution in [-0.2, 0) is 29.7 Å². The van der Waals surface area contributed by atoms with Crippen molar-refractivity contribution in [2.24, 2.45) is 0 Å². The van der Waals surface area contributed by atoms with Crippen LogP contribution in [0, 0.1) is 0 Å². The number of hydrogen-bond acceptors (Lipinski definition) is 7. The van der Waals surface area contributed by atoms with E-state index in [1.807, 2.05) is 26.0 Å². The average molecular weight is 354 g/mol. The number of rotatable bonds is 7. The zero-order chi connectivity index (χ0) is 19.1. The number of benzene rings is 1. The summed E-state index contributed by atoms with van der Waals surface area (Å²) in [6.07, 6.45) is -0.638. The summed E-state index contributed by atoms with van der Waals surface area (Å²) in [4.78, 5) is 31.7. The van der Waals surface area contributed by atoms with E-state index in [0.717, 1.165) is 5.56 Å². The summed E-state index contributed by atoms with van der Waals surface area (Å²) >= 11 is 0. The first-order valence-electron chi connectivity index (χ1n) is 7.93. The molecule has 0 atom stereocenters. The van der Waals surface area contributed by atoms with Crippen molar-refractivity contribution in [2.75, 3.05) is 13.7 Å². The number of ether oxygens (including phenoxy) is 2. The van der Waals surface area contributed by atoms with Crippen molar-refractivity contribution in [3.05, 3.63) is 35.4 Å². The van der Waals surface area contributed by atoms with Crippen molar-refractivity contribution in [3.8, 4) is 0 Å². The number of carbonyl (C=O) groups is 2. The first kappa shape index (κ1) is 20.9. The van der Waals surface area contributed by atoms with Crippen LogP contribution in [0.4, 0.5) is 4.79 Å². The summed E-state index contributed by atoms with van der Waals surface area (Å²) in [5, 5.41) is 4.16. The molecule has 0 fully saturated rings. The molecule has 0 aliphatic heterocycles. The summed E-state index contributed by atoms with van der Waals surface area (Å²) in [6, 6.07) is 6.86. The minimum atomic E-state index is -1.11. The Morgan fingerprint density at radius 2 is 1.56 bits per heavy atom. The molecule has 7 heteroatoms. The largest absolute Gasteiger partial charge is 0.543 e. The Balaban J connectivity index is 2.33. The van der Waals surface area contributed by atoms with Gasteiger partial charge in [0.2, 0.25) is 0 Å². The molecule has 1 rings (SSSR count). The van der Waals surface area contributed by atoms with E-state index in [4.69, 9.17) is 9.47 Å². The minimum Gasteiger partial charge on any atom is -0.432 e. The summed E-state index contributed by atoms with van der Waals surface area (Å²) in [7, 11) is 1.56. The second kappa shape index (κ2) is 8.82. The molecule has 0 bridgehead atoms. The van der Waals surface area contributed by atoms with E-state index in [9.17, 15) is 9.59 Å². The summed E-state index contributed by atoms with van der Waals surface area (Å²) in [6.45, 7) is 9.98. The van der Waals surface area contributed by atoms with Gasteiger partial charge in [-0.1, -0.05) is 32.9 Å². The Kier molecular flexibility index (Phi) is 7.38. The molecule has 0 aliphatic rings. The molecule has 140 valence electrons. The monoisotopic (exact) mass is 354 g/mol. The Bertz CT molecular complexity index is 570. The van der Waals surface area contributed by atoms with Gasteiger partial charge in [-0.15, -0.1) is 0 Å². The predicted octanol–water partition coefficient (Wildman–Crippen LogP) is 3.96. The Morgan fingerprint density at radius 3 is 2.08 bits per heavy atom. The lowest BCUT2D eigenvalue weighted by Gasteiger charge is -2.21. The SMILES string of the molecule is COC(C)(C)CCOC(=O)OOOC(=O)c1ccc(C(C)(C)C)cc1. The van der Waals surface area contributed by atoms with E-state index in [-0.39, 0.29) is 17.6 Å². The maximum Gasteiger partial charge on any atom is 0.543 e. The summed E-state index contributed by atoms with van der Waals surface area (Å²) < 4.78 is 9.94. The quantitative estimate of drug-likeness (QED) is 0.416. The van der Waals surface area contributed by atoms with Crippen LogP contribution >= 0.6 is 0 Å². The van der Waals surface area contributed by atoms with E-state index in [1.54, 1.807) is 19.2 Å². The predicted molar refractivity (Wildman–Crippen MR) is 89.8 cm³/mol. The van der Waals surface area contributed by atoms with Crippen LogP contribution in [0.1, 0.15) is 57.0 Å². The van der Waals surface area contributed by atoms with Gasteiger partial charge in [-0.3, -0.25) is 4.89 Å². The van der Waals surface area contributed by atoms with E-state index in [1.165, 1.54) is 0 Å². The molecule has 0 saturated carbocycles. The van der Waals surface area contributed by atoms with Crippen molar-refractivity contribution >= 4 is 12.1 Å². The first-order chi connectivity index (χ1) is 11.5. The molecule has 25 heavy (non-hydrogen) atoms. The number of hydrogen-bond donors (Lipinski definition) is 0. The molecule has 0 N–H and O–H groups in total. The topological polar surface area (TPSA) is 80.3 Å². The third kappa shape index (κ3) is 7.53. The lowest BCUT2D eigenvalue weighted by atomic mass is 9.87. The van der Waals surface area contributed by atoms with Gasteiger partial charge in [0.05, 0.1) is 22.8 Å². The van der Waals surface area contributed by atoms with Crippen LogP contribution in [-0.4, -0.2) is 31.4 Å². The highest BCUT2D eigenvalue weighted by atomic mass is 17.5. The fraction of sp³-hybridized carbons (Fsp3) is 0.556. The molecule has 0 heterocycles. The third-order valence-corrected chi connectivity index (χ3v) is 3.68. The molecule has 0 unspecified atom stereocenters. The molecule has 0 saturated heterocycles. The lowest BCUT2D eigenvalue weighted by molar-refractivity contribution is -0.452. The molecule has 7 nitrogen and oxygen atoms in total. The van der Waals surface area contributed by atoms with Gasteiger partial charge >= 0.3 is 12.1 Å². The zero-order valence-electron chi connectivity index (χ0n) is 15.6. The maximum atomic E-state index is 11.8. The van der Waals surface area contributed by atoms with Crippen molar-refractivity contribution in [3.63, 3.8) is 0 Å². The first-order valence-corrected chi connectivity index (χ1v) is 7.93. The van der Waals surface area contributed by atoms with Crippen LogP contribution in [0.3, 0.4) is 0 Å². The molecule has 1 aromatic carbocycles. The lowest BCUT2D eigenvalue weighted by Crippen LogP contribution is -2.25. The molecular formula is C18H26O7. The highest BCUT2D eigenvalue weighted by Gasteiger charge is 2.19. The molecule has 0 spiro atoms. The summed E-state index contributed by atoms with van der Waals surface area (Å²) in [5.74, 6) is -0.784. The molecule has 1 aromatic rings. The molecule has 0 radical (unpaired) electrons. The fourth-order valence-electron chi connectivity index (χ4n) is 1.74. The van der Waals surface area contributed by atoms with Gasteiger partial charge in [0.15, 0.2) is 0 Å². The normalized spacial score (nSPS) is 11.8. The molecule has 0 amide bonds. The van der Waals surface area contributed by atoms with Gasteiger partial charge in [-0.25, -0.2) is 14.5 Å². The van der Waals surface area contributed by atoms with Crippen molar-refractivity contribution in [1.82, 2.24) is 0 Å². The van der Waals surface area contributed by atoms with Gasteiger partial charge < -0.3 is 9.47 Å². The fourth-order valence-corrected chi connectivity index (χ4v) is 1.74. The Labute approximate surface area is 148 Å². The Morgan fingerprint density at radius 1 is 0.960 bits per heavy atom. The van der Waals surface area contributed by atoms with Crippen LogP contribution in [0.5, 0.6) is 0 Å². The van der Waals surface area contributed by atoms with E-state index >= 15 is 0 Å². The van der Waals surface area contributed by atoms with Gasteiger partial charge in [0.1, 0.15) is 0 Å². The van der Waals surface area contributed by atoms with Gasteiger partial charge in [-0.05, 0) is 37.0 Å². The average Bonchev–Trinajstić information content (AvgIpc) is 2.54. The second-order valence-corrected chi connectivity index (χ2v) is 7.16. The van der Waals surface area contributed by atoms with Gasteiger partial charge in [0, 0.05) is 13.5 Å². The Hall–Kier alpha value is -2.12. The maximum absolute atomic E-state index is 11.8. The van der Waals surface area contributed by atoms with Crippen LogP contribution < -0.4 is 0 Å². The van der Waals surface area contributed by atoms with E-state index < -0.39 is 17.7 Å². The smallest absolute Gasteiger partial charge is 0.432 e. The number of methoxy groups -OCH3 is 1. The highest BCUT2D eigenvalue weighted by Crippen LogP contribution is 2.22. The van der Waals surface area contributed by atoms with Gasteiger partial charge in [0.25, 0.3) is 0 Å². The summed E-state index contributed by atoms with van der Waals surface area (Å²) in [5.41, 5.74) is 0.895. The van der Waals surface area contributed by atoms with Crippen LogP contribution in [0.15, 0.2) is 24.3 Å². The van der Waals surface area contributed by atoms with E-state index in [0.29, 0.717) is 6.42 Å². The zero-order valence-corrected chi connectivity index (χ0v) is 15.6. The second-order valence-electron chi connectivity index (χ2n) is 7.16. The van der Waals surface area contributed by atoms with Crippen molar-refractivity contribution in [2.45, 2.75) is 52.1 Å². The van der Waals surface area contributed by atoms with E-state index in [2.05, 4.69) is 35.6 Å². The molecule has 0 aromatic heterocycles. The minimum absolute atomic E-state index is 0.0246. The third-order valence-electron chi connectivity index (χ3n) is 3.68. The van der Waals surface area contributed by atoms with Crippen LogP contribution in [0.25, 0.3) is 0 Å². The van der Waals surface area contributed by atoms with Crippen LogP contribution in [0.2, 0.25) is 0 Å². The highest BCUT2D eigenvalue weighted by molar-refractivity contribution is 5.88. The van der Waals surface area contributed by atoms with Crippen molar-refractivity contribution in [1.29, 1.82) is 0 Å². The molecular weight excluding hydrogens is 328 g/mol. The molecule has 0 aliphatic carbocycles. The standard InChI is InChI=1S/C18H26O7/c1-17(2,3)14-9-7-13(8-10-14)15(19)23-25-24-16(20)22-12-11-18(4,5)21-6/h7-10H,11-12H2,1-6H3.